The van der Waals surface area contributed by atoms with E-state index < -0.39 is 6.17 Å². The van der Waals surface area contributed by atoms with Crippen LogP contribution in [-0.4, -0.2) is 36.3 Å². The fourth-order valence-electron chi connectivity index (χ4n) is 3.06. The average molecular weight is 276 g/mol. The van der Waals surface area contributed by atoms with E-state index in [0.717, 1.165) is 25.4 Å². The minimum atomic E-state index is -0.626. The molecule has 0 bridgehead atoms. The van der Waals surface area contributed by atoms with E-state index in [0.29, 0.717) is 12.8 Å². The van der Waals surface area contributed by atoms with Crippen molar-refractivity contribution in [1.29, 1.82) is 0 Å². The Hall–Kier alpha value is -1.55. The average Bonchev–Trinajstić information content (AvgIpc) is 2.94. The van der Waals surface area contributed by atoms with Gasteiger partial charge in [0.15, 0.2) is 0 Å². The Morgan fingerprint density at radius 3 is 2.85 bits per heavy atom. The third-order valence-corrected chi connectivity index (χ3v) is 4.23. The van der Waals surface area contributed by atoms with Crippen molar-refractivity contribution in [1.82, 2.24) is 9.88 Å². The largest absolute Gasteiger partial charge is 0.496 e. The zero-order valence-corrected chi connectivity index (χ0v) is 12.1. The van der Waals surface area contributed by atoms with Crippen LogP contribution in [0.3, 0.4) is 0 Å². The number of likely N-dealkylation sites (tertiary alicyclic amines) is 1. The second kappa shape index (κ2) is 5.44. The lowest BCUT2D eigenvalue weighted by Crippen LogP contribution is -2.34. The first-order valence-corrected chi connectivity index (χ1v) is 7.19. The van der Waals surface area contributed by atoms with Gasteiger partial charge in [-0.1, -0.05) is 0 Å². The van der Waals surface area contributed by atoms with Gasteiger partial charge in [-0.15, -0.1) is 0 Å². The van der Waals surface area contributed by atoms with Gasteiger partial charge in [0.1, 0.15) is 11.9 Å². The predicted molar refractivity (Wildman–Crippen MR) is 79.0 cm³/mol. The molecule has 1 aromatic heterocycles. The Labute approximate surface area is 118 Å². The van der Waals surface area contributed by atoms with Gasteiger partial charge in [0.05, 0.1) is 7.11 Å². The summed E-state index contributed by atoms with van der Waals surface area (Å²) in [4.78, 5) is 5.60. The number of methoxy groups -OCH3 is 1. The lowest BCUT2D eigenvalue weighted by Gasteiger charge is -2.29. The molecule has 1 aromatic carbocycles. The Balaban J connectivity index is 1.93. The third kappa shape index (κ3) is 2.40. The Morgan fingerprint density at radius 2 is 2.15 bits per heavy atom. The third-order valence-electron chi connectivity index (χ3n) is 4.23. The molecule has 2 heterocycles. The van der Waals surface area contributed by atoms with E-state index >= 15 is 0 Å². The van der Waals surface area contributed by atoms with Gasteiger partial charge >= 0.3 is 0 Å². The van der Waals surface area contributed by atoms with Crippen LogP contribution in [-0.2, 0) is 6.54 Å². The molecule has 0 aliphatic carbocycles. The number of aromatic nitrogens is 1. The molecule has 2 aromatic rings. The number of nitrogens with zero attached hydrogens (tertiary/aromatic N) is 1. The zero-order valence-electron chi connectivity index (χ0n) is 12.1. The topological polar surface area (TPSA) is 28.3 Å². The fraction of sp³-hybridized carbons (Fsp3) is 0.500. The molecule has 1 N–H and O–H groups in total. The zero-order chi connectivity index (χ0) is 14.1. The van der Waals surface area contributed by atoms with Crippen molar-refractivity contribution in [2.24, 2.45) is 0 Å². The number of hydrogen-bond acceptors (Lipinski definition) is 2. The maximum absolute atomic E-state index is 13.2. The quantitative estimate of drug-likeness (QED) is 0.930. The SMILES string of the molecule is COc1cc(C)c2[nH]ccc2c1CN1CCC(F)CC1. The van der Waals surface area contributed by atoms with Gasteiger partial charge in [-0.2, -0.15) is 0 Å². The smallest absolute Gasteiger partial charge is 0.124 e. The summed E-state index contributed by atoms with van der Waals surface area (Å²) in [6.07, 6.45) is 2.63. The maximum atomic E-state index is 13.2. The number of benzene rings is 1. The van der Waals surface area contributed by atoms with Crippen molar-refractivity contribution in [2.45, 2.75) is 32.5 Å². The normalized spacial score (nSPS) is 17.8. The van der Waals surface area contributed by atoms with E-state index in [2.05, 4.69) is 28.9 Å². The molecule has 0 amide bonds. The number of nitrogens with one attached hydrogen (secondary N) is 1. The van der Waals surface area contributed by atoms with Crippen molar-refractivity contribution in [3.8, 4) is 5.75 Å². The standard InChI is InChI=1S/C16H21FN2O/c1-11-9-15(20-2)14(13-3-6-18-16(11)13)10-19-7-4-12(17)5-8-19/h3,6,9,12,18H,4-5,7-8,10H2,1-2H3. The van der Waals surface area contributed by atoms with Crippen molar-refractivity contribution in [3.63, 3.8) is 0 Å². The first kappa shape index (κ1) is 13.4. The summed E-state index contributed by atoms with van der Waals surface area (Å²) in [5, 5.41) is 1.21. The maximum Gasteiger partial charge on any atom is 0.124 e. The molecule has 3 rings (SSSR count). The molecule has 1 saturated heterocycles. The molecule has 1 aliphatic rings. The first-order chi connectivity index (χ1) is 9.69. The molecule has 0 spiro atoms. The van der Waals surface area contributed by atoms with E-state index in [1.807, 2.05) is 6.20 Å². The van der Waals surface area contributed by atoms with Crippen LogP contribution in [0.2, 0.25) is 0 Å². The highest BCUT2D eigenvalue weighted by molar-refractivity contribution is 5.88. The second-order valence-electron chi connectivity index (χ2n) is 5.59. The highest BCUT2D eigenvalue weighted by Crippen LogP contribution is 2.32. The number of rotatable bonds is 3. The highest BCUT2D eigenvalue weighted by atomic mass is 19.1. The van der Waals surface area contributed by atoms with Crippen LogP contribution < -0.4 is 4.74 Å². The van der Waals surface area contributed by atoms with Crippen molar-refractivity contribution >= 4 is 10.9 Å². The second-order valence-corrected chi connectivity index (χ2v) is 5.59. The van der Waals surface area contributed by atoms with E-state index in [4.69, 9.17) is 4.74 Å². The number of alkyl halides is 1. The van der Waals surface area contributed by atoms with Crippen LogP contribution in [0.4, 0.5) is 4.39 Å². The summed E-state index contributed by atoms with van der Waals surface area (Å²) in [7, 11) is 1.71. The number of aromatic amines is 1. The summed E-state index contributed by atoms with van der Waals surface area (Å²) >= 11 is 0. The molecular formula is C16H21FN2O. The van der Waals surface area contributed by atoms with Crippen LogP contribution in [0.15, 0.2) is 18.3 Å². The van der Waals surface area contributed by atoms with Crippen LogP contribution in [0, 0.1) is 6.92 Å². The molecule has 0 radical (unpaired) electrons. The summed E-state index contributed by atoms with van der Waals surface area (Å²) in [5.74, 6) is 0.928. The molecule has 0 saturated carbocycles. The Morgan fingerprint density at radius 1 is 1.40 bits per heavy atom. The van der Waals surface area contributed by atoms with Gasteiger partial charge < -0.3 is 9.72 Å². The van der Waals surface area contributed by atoms with E-state index in [1.54, 1.807) is 7.11 Å². The summed E-state index contributed by atoms with van der Waals surface area (Å²) in [5.41, 5.74) is 3.56. The molecule has 1 aliphatic heterocycles. The van der Waals surface area contributed by atoms with Crippen LogP contribution in [0.5, 0.6) is 5.75 Å². The van der Waals surface area contributed by atoms with Gasteiger partial charge in [0.2, 0.25) is 0 Å². The number of aryl methyl sites for hydroxylation is 1. The Kier molecular flexibility index (Phi) is 3.66. The van der Waals surface area contributed by atoms with Gasteiger partial charge in [0.25, 0.3) is 0 Å². The number of fused-ring (bicyclic) bond motifs is 1. The first-order valence-electron chi connectivity index (χ1n) is 7.19. The summed E-state index contributed by atoms with van der Waals surface area (Å²) < 4.78 is 18.8. The molecule has 3 nitrogen and oxygen atoms in total. The highest BCUT2D eigenvalue weighted by Gasteiger charge is 2.21. The van der Waals surface area contributed by atoms with Crippen LogP contribution >= 0.6 is 0 Å². The van der Waals surface area contributed by atoms with Gasteiger partial charge in [-0.25, -0.2) is 4.39 Å². The van der Waals surface area contributed by atoms with E-state index in [9.17, 15) is 4.39 Å². The molecule has 0 atom stereocenters. The minimum absolute atomic E-state index is 0.626. The molecular weight excluding hydrogens is 255 g/mol. The van der Waals surface area contributed by atoms with Crippen LogP contribution in [0.25, 0.3) is 10.9 Å². The van der Waals surface area contributed by atoms with Gasteiger partial charge in [-0.3, -0.25) is 4.90 Å². The molecule has 4 heteroatoms. The molecule has 1 fully saturated rings. The van der Waals surface area contributed by atoms with Crippen LogP contribution in [0.1, 0.15) is 24.0 Å². The van der Waals surface area contributed by atoms with Crippen molar-refractivity contribution in [3.05, 3.63) is 29.5 Å². The minimum Gasteiger partial charge on any atom is -0.496 e. The number of ether oxygens (including phenoxy) is 1. The van der Waals surface area contributed by atoms with Crippen molar-refractivity contribution < 1.29 is 9.13 Å². The monoisotopic (exact) mass is 276 g/mol. The lowest BCUT2D eigenvalue weighted by atomic mass is 10.0. The van der Waals surface area contributed by atoms with Gasteiger partial charge in [-0.05, 0) is 37.5 Å². The number of hydrogen-bond donors (Lipinski definition) is 1. The van der Waals surface area contributed by atoms with Gasteiger partial charge in [0, 0.05) is 42.3 Å². The lowest BCUT2D eigenvalue weighted by molar-refractivity contribution is 0.145. The van der Waals surface area contributed by atoms with E-state index in [-0.39, 0.29) is 0 Å². The summed E-state index contributed by atoms with van der Waals surface area (Å²) in [6.45, 7) is 4.55. The number of piperidine rings is 1. The fourth-order valence-corrected chi connectivity index (χ4v) is 3.06. The van der Waals surface area contributed by atoms with Crippen molar-refractivity contribution in [2.75, 3.05) is 20.2 Å². The number of H-pyrrole nitrogens is 1. The molecule has 20 heavy (non-hydrogen) atoms. The summed E-state index contributed by atoms with van der Waals surface area (Å²) in [6, 6.07) is 4.18. The predicted octanol–water partition coefficient (Wildman–Crippen LogP) is 3.42. The Bertz CT molecular complexity index is 600. The molecule has 108 valence electrons. The van der Waals surface area contributed by atoms with E-state index in [1.165, 1.54) is 22.0 Å². The number of halogens is 1. The molecule has 0 unspecified atom stereocenters.